The molecule has 0 saturated carbocycles. The van der Waals surface area contributed by atoms with Crippen molar-refractivity contribution in [1.82, 2.24) is 0 Å². The number of benzene rings is 2. The van der Waals surface area contributed by atoms with Crippen LogP contribution in [0.4, 0.5) is 0 Å². The van der Waals surface area contributed by atoms with Crippen LogP contribution in [0.2, 0.25) is 0 Å². The minimum Gasteiger partial charge on any atom is -0.438 e. The molecule has 20 heavy (non-hydrogen) atoms. The van der Waals surface area contributed by atoms with Crippen molar-refractivity contribution in [1.29, 1.82) is 10.7 Å². The molecular weight excluding hydrogens is 248 g/mol. The Morgan fingerprint density at radius 2 is 1.70 bits per heavy atom. The largest absolute Gasteiger partial charge is 0.438 e. The Kier molecular flexibility index (Phi) is 4.31. The van der Waals surface area contributed by atoms with Gasteiger partial charge in [0.15, 0.2) is 0 Å². The lowest BCUT2D eigenvalue weighted by atomic mass is 10.1. The zero-order valence-corrected chi connectivity index (χ0v) is 11.1. The zero-order chi connectivity index (χ0) is 14.4. The predicted octanol–water partition coefficient (Wildman–Crippen LogP) is 3.90. The average molecular weight is 262 g/mol. The lowest BCUT2D eigenvalue weighted by Crippen LogP contribution is -2.04. The van der Waals surface area contributed by atoms with E-state index in [1.807, 2.05) is 67.6 Å². The van der Waals surface area contributed by atoms with Crippen LogP contribution in [0.1, 0.15) is 16.7 Å². The van der Waals surface area contributed by atoms with Gasteiger partial charge in [0.2, 0.25) is 5.90 Å². The number of rotatable bonds is 3. The smallest absolute Gasteiger partial charge is 0.219 e. The Hall–Kier alpha value is -2.86. The molecule has 0 bridgehead atoms. The molecule has 0 saturated heterocycles. The fourth-order valence-corrected chi connectivity index (χ4v) is 1.71. The molecule has 0 fully saturated rings. The first kappa shape index (κ1) is 13.6. The van der Waals surface area contributed by atoms with Crippen molar-refractivity contribution >= 4 is 11.7 Å². The third kappa shape index (κ3) is 3.33. The van der Waals surface area contributed by atoms with Gasteiger partial charge in [0.1, 0.15) is 5.76 Å². The van der Waals surface area contributed by atoms with Gasteiger partial charge in [-0.15, -0.1) is 0 Å². The summed E-state index contributed by atoms with van der Waals surface area (Å²) in [5.41, 5.74) is 2.57. The summed E-state index contributed by atoms with van der Waals surface area (Å²) in [6.45, 7) is 1.99. The summed E-state index contributed by atoms with van der Waals surface area (Å²) >= 11 is 0. The van der Waals surface area contributed by atoms with Gasteiger partial charge in [0.05, 0.1) is 12.1 Å². The molecule has 0 spiro atoms. The van der Waals surface area contributed by atoms with Gasteiger partial charge >= 0.3 is 0 Å². The number of allylic oxidation sites excluding steroid dienone is 1. The fraction of sp³-hybridized carbons (Fsp3) is 0.0588. The van der Waals surface area contributed by atoms with E-state index in [2.05, 4.69) is 0 Å². The third-order valence-electron chi connectivity index (χ3n) is 2.78. The topological polar surface area (TPSA) is 56.9 Å². The first-order valence-electron chi connectivity index (χ1n) is 6.19. The molecule has 1 N–H and O–H groups in total. The van der Waals surface area contributed by atoms with E-state index in [4.69, 9.17) is 15.4 Å². The fourth-order valence-electron chi connectivity index (χ4n) is 1.71. The Morgan fingerprint density at radius 1 is 1.05 bits per heavy atom. The average Bonchev–Trinajstić information content (AvgIpc) is 2.48. The van der Waals surface area contributed by atoms with Crippen LogP contribution in [0.3, 0.4) is 0 Å². The van der Waals surface area contributed by atoms with Gasteiger partial charge in [0.25, 0.3) is 0 Å². The van der Waals surface area contributed by atoms with E-state index < -0.39 is 0 Å². The monoisotopic (exact) mass is 262 g/mol. The van der Waals surface area contributed by atoms with Gasteiger partial charge in [0, 0.05) is 11.1 Å². The lowest BCUT2D eigenvalue weighted by molar-refractivity contribution is 0.504. The molecule has 0 amide bonds. The second kappa shape index (κ2) is 6.35. The summed E-state index contributed by atoms with van der Waals surface area (Å²) in [5.74, 6) is 0.397. The SMILES string of the molecule is Cc1ccc(C(=N)O/C(=C/C#N)c2ccccc2)cc1. The van der Waals surface area contributed by atoms with Crippen LogP contribution in [0.5, 0.6) is 0 Å². The number of hydrogen-bond acceptors (Lipinski definition) is 3. The van der Waals surface area contributed by atoms with E-state index in [-0.39, 0.29) is 5.90 Å². The van der Waals surface area contributed by atoms with Gasteiger partial charge < -0.3 is 4.74 Å². The Bertz CT molecular complexity index is 664. The van der Waals surface area contributed by atoms with E-state index in [0.717, 1.165) is 11.1 Å². The molecule has 2 aromatic rings. The first-order chi connectivity index (χ1) is 9.70. The van der Waals surface area contributed by atoms with Crippen LogP contribution in [0, 0.1) is 23.7 Å². The van der Waals surface area contributed by atoms with E-state index in [9.17, 15) is 0 Å². The van der Waals surface area contributed by atoms with Gasteiger partial charge in [-0.25, -0.2) is 0 Å². The molecule has 2 rings (SSSR count). The molecule has 0 unspecified atom stereocenters. The van der Waals surface area contributed by atoms with E-state index in [1.54, 1.807) is 0 Å². The quantitative estimate of drug-likeness (QED) is 0.394. The van der Waals surface area contributed by atoms with Gasteiger partial charge in [-0.2, -0.15) is 5.26 Å². The predicted molar refractivity (Wildman–Crippen MR) is 79.1 cm³/mol. The number of aryl methyl sites for hydroxylation is 1. The molecule has 0 heterocycles. The van der Waals surface area contributed by atoms with Crippen molar-refractivity contribution in [3.8, 4) is 6.07 Å². The highest BCUT2D eigenvalue weighted by molar-refractivity contribution is 5.95. The molecular formula is C17H14N2O. The van der Waals surface area contributed by atoms with Gasteiger partial charge in [-0.05, 0) is 19.1 Å². The minimum absolute atomic E-state index is 0.0235. The lowest BCUT2D eigenvalue weighted by Gasteiger charge is -2.10. The first-order valence-corrected chi connectivity index (χ1v) is 6.19. The Balaban J connectivity index is 2.22. The van der Waals surface area contributed by atoms with Crippen molar-refractivity contribution in [2.45, 2.75) is 6.92 Å². The second-order valence-corrected chi connectivity index (χ2v) is 4.30. The van der Waals surface area contributed by atoms with Crippen LogP contribution >= 0.6 is 0 Å². The standard InChI is InChI=1S/C17H14N2O/c1-13-7-9-15(10-8-13)17(19)20-16(11-12-18)14-5-3-2-4-6-14/h2-11,19H,1H3/b16-11+,19-17?. The van der Waals surface area contributed by atoms with E-state index in [0.29, 0.717) is 11.3 Å². The van der Waals surface area contributed by atoms with Crippen LogP contribution < -0.4 is 0 Å². The van der Waals surface area contributed by atoms with Crippen molar-refractivity contribution in [3.05, 3.63) is 77.4 Å². The summed E-state index contributed by atoms with van der Waals surface area (Å²) in [5, 5.41) is 16.8. The number of nitriles is 1. The molecule has 98 valence electrons. The highest BCUT2D eigenvalue weighted by atomic mass is 16.5. The second-order valence-electron chi connectivity index (χ2n) is 4.30. The van der Waals surface area contributed by atoms with Gasteiger partial charge in [-0.1, -0.05) is 48.0 Å². The summed E-state index contributed by atoms with van der Waals surface area (Å²) in [6, 6.07) is 18.7. The normalized spacial score (nSPS) is 10.7. The number of nitrogens with zero attached hydrogens (tertiary/aromatic N) is 1. The molecule has 0 atom stereocenters. The molecule has 0 aliphatic carbocycles. The highest BCUT2D eigenvalue weighted by Crippen LogP contribution is 2.17. The molecule has 3 heteroatoms. The van der Waals surface area contributed by atoms with E-state index >= 15 is 0 Å². The van der Waals surface area contributed by atoms with Crippen molar-refractivity contribution < 1.29 is 4.74 Å². The van der Waals surface area contributed by atoms with Gasteiger partial charge in [-0.3, -0.25) is 5.41 Å². The van der Waals surface area contributed by atoms with E-state index in [1.165, 1.54) is 6.08 Å². The number of nitrogens with one attached hydrogen (secondary N) is 1. The molecule has 3 nitrogen and oxygen atoms in total. The maximum atomic E-state index is 8.84. The summed E-state index contributed by atoms with van der Waals surface area (Å²) in [6.07, 6.45) is 1.30. The molecule has 0 aliphatic heterocycles. The van der Waals surface area contributed by atoms with Crippen LogP contribution in [0.25, 0.3) is 5.76 Å². The van der Waals surface area contributed by atoms with Crippen LogP contribution in [-0.4, -0.2) is 5.90 Å². The molecule has 0 aromatic heterocycles. The Morgan fingerprint density at radius 3 is 2.30 bits per heavy atom. The van der Waals surface area contributed by atoms with Crippen molar-refractivity contribution in [2.24, 2.45) is 0 Å². The van der Waals surface area contributed by atoms with Crippen LogP contribution in [0.15, 0.2) is 60.7 Å². The summed E-state index contributed by atoms with van der Waals surface area (Å²) in [7, 11) is 0. The highest BCUT2D eigenvalue weighted by Gasteiger charge is 2.08. The number of ether oxygens (including phenoxy) is 1. The zero-order valence-electron chi connectivity index (χ0n) is 11.1. The molecule has 0 radical (unpaired) electrons. The summed E-state index contributed by atoms with van der Waals surface area (Å²) in [4.78, 5) is 0. The minimum atomic E-state index is 0.0235. The maximum absolute atomic E-state index is 8.84. The van der Waals surface area contributed by atoms with Crippen LogP contribution in [-0.2, 0) is 4.74 Å². The Labute approximate surface area is 118 Å². The summed E-state index contributed by atoms with van der Waals surface area (Å²) < 4.78 is 5.52. The molecule has 0 aliphatic rings. The maximum Gasteiger partial charge on any atom is 0.219 e. The molecule has 2 aromatic carbocycles. The number of hydrogen-bond donors (Lipinski definition) is 1. The van der Waals surface area contributed by atoms with Crippen molar-refractivity contribution in [2.75, 3.05) is 0 Å². The third-order valence-corrected chi connectivity index (χ3v) is 2.78. The van der Waals surface area contributed by atoms with Crippen molar-refractivity contribution in [3.63, 3.8) is 0 Å².